The third-order valence-corrected chi connectivity index (χ3v) is 3.87. The molecule has 0 aliphatic heterocycles. The summed E-state index contributed by atoms with van der Waals surface area (Å²) in [7, 11) is 0. The van der Waals surface area contributed by atoms with Crippen molar-refractivity contribution < 1.29 is 23.0 Å². The van der Waals surface area contributed by atoms with E-state index in [1.54, 1.807) is 20.8 Å². The van der Waals surface area contributed by atoms with Crippen molar-refractivity contribution in [3.05, 3.63) is 35.4 Å². The van der Waals surface area contributed by atoms with Crippen LogP contribution in [0.4, 0.5) is 13.6 Å². The SMILES string of the molecule is CC(C)(C)OC(=O)NC1CCCCC1OCc1ccc(F)cc1F. The standard InChI is InChI=1S/C18H25F2NO3/c1-18(2,3)24-17(22)21-15-6-4-5-7-16(15)23-11-12-8-9-13(19)10-14(12)20/h8-10,15-16H,4-7,11H2,1-3H3,(H,21,22). The first-order chi connectivity index (χ1) is 11.2. The van der Waals surface area contributed by atoms with E-state index >= 15 is 0 Å². The lowest BCUT2D eigenvalue weighted by molar-refractivity contribution is -0.0122. The zero-order chi connectivity index (χ0) is 17.7. The molecule has 0 bridgehead atoms. The molecule has 1 amide bonds. The van der Waals surface area contributed by atoms with Crippen LogP contribution in [0.25, 0.3) is 0 Å². The Hall–Kier alpha value is -1.69. The van der Waals surface area contributed by atoms with Gasteiger partial charge in [-0.3, -0.25) is 0 Å². The molecule has 0 aromatic heterocycles. The third-order valence-electron chi connectivity index (χ3n) is 3.87. The second-order valence-corrected chi connectivity index (χ2v) is 7.12. The maximum Gasteiger partial charge on any atom is 0.407 e. The predicted molar refractivity (Wildman–Crippen MR) is 86.6 cm³/mol. The van der Waals surface area contributed by atoms with Gasteiger partial charge in [0.1, 0.15) is 17.2 Å². The fourth-order valence-electron chi connectivity index (χ4n) is 2.76. The Labute approximate surface area is 141 Å². The molecule has 0 saturated heterocycles. The van der Waals surface area contributed by atoms with Crippen LogP contribution in [0.3, 0.4) is 0 Å². The molecule has 1 saturated carbocycles. The molecule has 0 radical (unpaired) electrons. The van der Waals surface area contributed by atoms with Crippen LogP contribution in [0.2, 0.25) is 0 Å². The Kier molecular flexibility index (Phi) is 6.15. The van der Waals surface area contributed by atoms with Crippen molar-refractivity contribution in [3.63, 3.8) is 0 Å². The van der Waals surface area contributed by atoms with E-state index in [0.717, 1.165) is 31.7 Å². The monoisotopic (exact) mass is 341 g/mol. The van der Waals surface area contributed by atoms with E-state index in [0.29, 0.717) is 5.56 Å². The van der Waals surface area contributed by atoms with E-state index in [2.05, 4.69) is 5.32 Å². The molecule has 1 aromatic rings. The minimum Gasteiger partial charge on any atom is -0.444 e. The summed E-state index contributed by atoms with van der Waals surface area (Å²) in [5.41, 5.74) is -0.259. The molecular weight excluding hydrogens is 316 g/mol. The molecular formula is C18H25F2NO3. The number of rotatable bonds is 4. The minimum atomic E-state index is -0.623. The highest BCUT2D eigenvalue weighted by Gasteiger charge is 2.29. The highest BCUT2D eigenvalue weighted by molar-refractivity contribution is 5.68. The third kappa shape index (κ3) is 5.74. The molecule has 1 aliphatic carbocycles. The summed E-state index contributed by atoms with van der Waals surface area (Å²) in [6, 6.07) is 3.26. The molecule has 2 unspecified atom stereocenters. The summed E-state index contributed by atoms with van der Waals surface area (Å²) >= 11 is 0. The second kappa shape index (κ2) is 7.92. The number of hydrogen-bond acceptors (Lipinski definition) is 3. The maximum atomic E-state index is 13.7. The van der Waals surface area contributed by atoms with Crippen molar-refractivity contribution in [3.8, 4) is 0 Å². The van der Waals surface area contributed by atoms with Gasteiger partial charge in [-0.25, -0.2) is 13.6 Å². The Morgan fingerprint density at radius 1 is 1.25 bits per heavy atom. The van der Waals surface area contributed by atoms with Gasteiger partial charge in [-0.2, -0.15) is 0 Å². The van der Waals surface area contributed by atoms with Crippen LogP contribution in [-0.2, 0) is 16.1 Å². The van der Waals surface area contributed by atoms with Gasteiger partial charge in [-0.1, -0.05) is 18.9 Å². The lowest BCUT2D eigenvalue weighted by Crippen LogP contribution is -2.47. The zero-order valence-corrected chi connectivity index (χ0v) is 14.4. The highest BCUT2D eigenvalue weighted by Crippen LogP contribution is 2.23. The average Bonchev–Trinajstić information content (AvgIpc) is 2.46. The van der Waals surface area contributed by atoms with Crippen LogP contribution in [-0.4, -0.2) is 23.8 Å². The normalized spacial score (nSPS) is 21.4. The summed E-state index contributed by atoms with van der Waals surface area (Å²) in [6.45, 7) is 5.46. The quantitative estimate of drug-likeness (QED) is 0.887. The fourth-order valence-corrected chi connectivity index (χ4v) is 2.76. The van der Waals surface area contributed by atoms with Gasteiger partial charge >= 0.3 is 6.09 Å². The Morgan fingerprint density at radius 2 is 1.96 bits per heavy atom. The van der Waals surface area contributed by atoms with Crippen LogP contribution >= 0.6 is 0 Å². The van der Waals surface area contributed by atoms with E-state index in [9.17, 15) is 13.6 Å². The van der Waals surface area contributed by atoms with Crippen molar-refractivity contribution in [2.75, 3.05) is 0 Å². The fraction of sp³-hybridized carbons (Fsp3) is 0.611. The van der Waals surface area contributed by atoms with Gasteiger partial charge in [-0.15, -0.1) is 0 Å². The summed E-state index contributed by atoms with van der Waals surface area (Å²) in [5.74, 6) is -1.24. The van der Waals surface area contributed by atoms with E-state index in [-0.39, 0.29) is 18.8 Å². The lowest BCUT2D eigenvalue weighted by Gasteiger charge is -2.32. The first-order valence-corrected chi connectivity index (χ1v) is 8.29. The molecule has 6 heteroatoms. The minimum absolute atomic E-state index is 0.0449. The average molecular weight is 341 g/mol. The number of amides is 1. The van der Waals surface area contributed by atoms with Gasteiger partial charge in [-0.05, 0) is 39.7 Å². The molecule has 0 heterocycles. The number of hydrogen-bond donors (Lipinski definition) is 1. The van der Waals surface area contributed by atoms with Crippen LogP contribution < -0.4 is 5.32 Å². The number of nitrogens with one attached hydrogen (secondary N) is 1. The van der Waals surface area contributed by atoms with Gasteiger partial charge in [0.25, 0.3) is 0 Å². The van der Waals surface area contributed by atoms with Crippen LogP contribution in [0.5, 0.6) is 0 Å². The Bertz CT molecular complexity index is 572. The van der Waals surface area contributed by atoms with E-state index < -0.39 is 23.3 Å². The Morgan fingerprint density at radius 3 is 2.62 bits per heavy atom. The second-order valence-electron chi connectivity index (χ2n) is 7.12. The largest absolute Gasteiger partial charge is 0.444 e. The van der Waals surface area contributed by atoms with Gasteiger partial charge in [0, 0.05) is 11.6 Å². The molecule has 2 atom stereocenters. The Balaban J connectivity index is 1.92. The topological polar surface area (TPSA) is 47.6 Å². The number of ether oxygens (including phenoxy) is 2. The number of carbonyl (C=O) groups excluding carboxylic acids is 1. The zero-order valence-electron chi connectivity index (χ0n) is 14.4. The van der Waals surface area contributed by atoms with Crippen molar-refractivity contribution in [2.45, 2.75) is 70.8 Å². The molecule has 134 valence electrons. The number of halogens is 2. The van der Waals surface area contributed by atoms with Crippen molar-refractivity contribution in [1.82, 2.24) is 5.32 Å². The molecule has 0 spiro atoms. The summed E-state index contributed by atoms with van der Waals surface area (Å²) < 4.78 is 37.7. The molecule has 24 heavy (non-hydrogen) atoms. The van der Waals surface area contributed by atoms with Crippen molar-refractivity contribution >= 4 is 6.09 Å². The first-order valence-electron chi connectivity index (χ1n) is 8.29. The van der Waals surface area contributed by atoms with Gasteiger partial charge < -0.3 is 14.8 Å². The lowest BCUT2D eigenvalue weighted by atomic mass is 9.92. The number of alkyl carbamates (subject to hydrolysis) is 1. The molecule has 1 fully saturated rings. The smallest absolute Gasteiger partial charge is 0.407 e. The molecule has 1 aliphatic rings. The highest BCUT2D eigenvalue weighted by atomic mass is 19.1. The molecule has 1 N–H and O–H groups in total. The van der Waals surface area contributed by atoms with Crippen molar-refractivity contribution in [2.24, 2.45) is 0 Å². The van der Waals surface area contributed by atoms with E-state index in [4.69, 9.17) is 9.47 Å². The first kappa shape index (κ1) is 18.6. The summed E-state index contributed by atoms with van der Waals surface area (Å²) in [5, 5.41) is 2.85. The van der Waals surface area contributed by atoms with Crippen LogP contribution in [0, 0.1) is 11.6 Å². The van der Waals surface area contributed by atoms with Gasteiger partial charge in [0.15, 0.2) is 0 Å². The molecule has 4 nitrogen and oxygen atoms in total. The van der Waals surface area contributed by atoms with Gasteiger partial charge in [0.05, 0.1) is 18.8 Å². The van der Waals surface area contributed by atoms with Crippen LogP contribution in [0.15, 0.2) is 18.2 Å². The molecule has 1 aromatic carbocycles. The number of benzene rings is 1. The maximum absolute atomic E-state index is 13.7. The molecule has 2 rings (SSSR count). The van der Waals surface area contributed by atoms with E-state index in [1.807, 2.05) is 0 Å². The number of carbonyl (C=O) groups is 1. The predicted octanol–water partition coefficient (Wildman–Crippen LogP) is 4.32. The summed E-state index contributed by atoms with van der Waals surface area (Å²) in [6.07, 6.45) is 2.86. The van der Waals surface area contributed by atoms with Gasteiger partial charge in [0.2, 0.25) is 0 Å². The summed E-state index contributed by atoms with van der Waals surface area (Å²) in [4.78, 5) is 11.9. The van der Waals surface area contributed by atoms with E-state index in [1.165, 1.54) is 12.1 Å². The van der Waals surface area contributed by atoms with Crippen molar-refractivity contribution in [1.29, 1.82) is 0 Å². The van der Waals surface area contributed by atoms with Crippen LogP contribution in [0.1, 0.15) is 52.0 Å².